The van der Waals surface area contributed by atoms with Crippen LogP contribution in [0.3, 0.4) is 0 Å². The highest BCUT2D eigenvalue weighted by molar-refractivity contribution is 5.77. The number of rotatable bonds is 48. The summed E-state index contributed by atoms with van der Waals surface area (Å²) < 4.78 is 5.94. The highest BCUT2D eigenvalue weighted by Gasteiger charge is 2.24. The van der Waals surface area contributed by atoms with Crippen LogP contribution in [0.15, 0.2) is 60.8 Å². The summed E-state index contributed by atoms with van der Waals surface area (Å²) >= 11 is 0. The van der Waals surface area contributed by atoms with Gasteiger partial charge in [0.05, 0.1) is 25.2 Å². The summed E-state index contributed by atoms with van der Waals surface area (Å²) in [5.41, 5.74) is 0. The van der Waals surface area contributed by atoms with Gasteiger partial charge in [-0.1, -0.05) is 242 Å². The normalized spacial score (nSPS) is 13.7. The minimum absolute atomic E-state index is 0.0643. The molecule has 0 bridgehead atoms. The molecule has 0 aromatic heterocycles. The van der Waals surface area contributed by atoms with Gasteiger partial charge >= 0.3 is 5.97 Å². The number of unbranched alkanes of at least 4 members (excludes halogenated alkanes) is 29. The topological polar surface area (TPSA) is 95.9 Å². The fraction of sp³-hybridized carbons (Fsp3) is 0.789. The summed E-state index contributed by atoms with van der Waals surface area (Å²) in [5.74, 6) is -0.500. The number of carbonyl (C=O) groups is 2. The Morgan fingerprint density at radius 1 is 0.476 bits per heavy atom. The molecule has 0 saturated carbocycles. The van der Waals surface area contributed by atoms with Crippen LogP contribution in [-0.4, -0.2) is 46.9 Å². The molecule has 0 aliphatic carbocycles. The number of nitrogens with one attached hydrogen (secondary N) is 1. The number of aliphatic hydroxyl groups is 2. The number of ether oxygens (including phenoxy) is 1. The highest BCUT2D eigenvalue weighted by Crippen LogP contribution is 2.18. The summed E-state index contributed by atoms with van der Waals surface area (Å²) in [6.45, 7) is 6.35. The van der Waals surface area contributed by atoms with Crippen molar-refractivity contribution in [3.63, 3.8) is 0 Å². The van der Waals surface area contributed by atoms with Crippen LogP contribution in [0.1, 0.15) is 265 Å². The van der Waals surface area contributed by atoms with E-state index < -0.39 is 18.2 Å². The number of hydrogen-bond acceptors (Lipinski definition) is 5. The average molecular weight is 882 g/mol. The number of allylic oxidation sites excluding steroid dienone is 10. The van der Waals surface area contributed by atoms with E-state index >= 15 is 0 Å². The van der Waals surface area contributed by atoms with Gasteiger partial charge in [0.2, 0.25) is 5.91 Å². The molecule has 6 heteroatoms. The highest BCUT2D eigenvalue weighted by atomic mass is 16.5. The number of carbonyl (C=O) groups excluding carboxylic acids is 2. The maximum absolute atomic E-state index is 13.2. The van der Waals surface area contributed by atoms with Crippen LogP contribution in [0.25, 0.3) is 0 Å². The number of aliphatic hydroxyl groups excluding tert-OH is 2. The van der Waals surface area contributed by atoms with Crippen molar-refractivity contribution in [1.29, 1.82) is 0 Å². The smallest absolute Gasteiger partial charge is 0.306 e. The largest absolute Gasteiger partial charge is 0.462 e. The molecule has 0 aliphatic rings. The third kappa shape index (κ3) is 45.9. The molecule has 0 spiro atoms. The summed E-state index contributed by atoms with van der Waals surface area (Å²) in [5, 5.41) is 23.8. The Hall–Kier alpha value is -2.44. The van der Waals surface area contributed by atoms with E-state index in [2.05, 4.69) is 68.6 Å². The van der Waals surface area contributed by atoms with Gasteiger partial charge in [-0.3, -0.25) is 9.59 Å². The van der Waals surface area contributed by atoms with E-state index in [9.17, 15) is 19.8 Å². The number of hydrogen-bond donors (Lipinski definition) is 3. The average Bonchev–Trinajstić information content (AvgIpc) is 3.28. The molecule has 0 heterocycles. The number of amides is 1. The van der Waals surface area contributed by atoms with Crippen molar-refractivity contribution >= 4 is 11.9 Å². The second-order valence-electron chi connectivity index (χ2n) is 18.3. The zero-order valence-corrected chi connectivity index (χ0v) is 41.7. The quantitative estimate of drug-likeness (QED) is 0.0245. The van der Waals surface area contributed by atoms with Gasteiger partial charge in [-0.25, -0.2) is 0 Å². The zero-order chi connectivity index (χ0) is 45.9. The second kappa shape index (κ2) is 50.6. The predicted molar refractivity (Wildman–Crippen MR) is 273 cm³/mol. The molecule has 0 aromatic rings. The Bertz CT molecular complexity index is 1130. The second-order valence-corrected chi connectivity index (χ2v) is 18.3. The van der Waals surface area contributed by atoms with Crippen molar-refractivity contribution in [3.05, 3.63) is 60.8 Å². The Labute approximate surface area is 390 Å². The molecule has 6 nitrogen and oxygen atoms in total. The first kappa shape index (κ1) is 60.6. The van der Waals surface area contributed by atoms with Crippen LogP contribution in [0.2, 0.25) is 0 Å². The summed E-state index contributed by atoms with van der Waals surface area (Å²) in [6, 6.07) is -0.709. The molecule has 3 atom stereocenters. The van der Waals surface area contributed by atoms with Crippen LogP contribution in [-0.2, 0) is 14.3 Å². The van der Waals surface area contributed by atoms with Crippen molar-refractivity contribution in [2.75, 3.05) is 6.61 Å². The maximum Gasteiger partial charge on any atom is 0.306 e. The summed E-state index contributed by atoms with van der Waals surface area (Å²) in [4.78, 5) is 26.2. The van der Waals surface area contributed by atoms with E-state index in [1.807, 2.05) is 18.2 Å². The predicted octanol–water partition coefficient (Wildman–Crippen LogP) is 16.4. The Morgan fingerprint density at radius 3 is 1.35 bits per heavy atom. The van der Waals surface area contributed by atoms with Gasteiger partial charge in [0, 0.05) is 6.42 Å². The van der Waals surface area contributed by atoms with Gasteiger partial charge in [0.1, 0.15) is 6.10 Å². The lowest BCUT2D eigenvalue weighted by Gasteiger charge is -2.24. The first-order valence-electron chi connectivity index (χ1n) is 27.1. The van der Waals surface area contributed by atoms with Crippen LogP contribution >= 0.6 is 0 Å². The summed E-state index contributed by atoms with van der Waals surface area (Å²) in [7, 11) is 0. The first-order chi connectivity index (χ1) is 31.0. The molecule has 3 unspecified atom stereocenters. The molecule has 0 aliphatic heterocycles. The van der Waals surface area contributed by atoms with Gasteiger partial charge in [-0.05, 0) is 70.6 Å². The lowest BCUT2D eigenvalue weighted by Crippen LogP contribution is -2.46. The molecule has 0 saturated heterocycles. The molecule has 3 N–H and O–H groups in total. The van der Waals surface area contributed by atoms with Crippen molar-refractivity contribution in [2.24, 2.45) is 0 Å². The Morgan fingerprint density at radius 2 is 0.873 bits per heavy atom. The van der Waals surface area contributed by atoms with E-state index in [0.717, 1.165) is 83.5 Å². The van der Waals surface area contributed by atoms with Crippen molar-refractivity contribution in [1.82, 2.24) is 5.32 Å². The van der Waals surface area contributed by atoms with E-state index in [4.69, 9.17) is 4.74 Å². The lowest BCUT2D eigenvalue weighted by atomic mass is 10.0. The van der Waals surface area contributed by atoms with Crippen LogP contribution in [0.5, 0.6) is 0 Å². The lowest BCUT2D eigenvalue weighted by molar-refractivity contribution is -0.151. The van der Waals surface area contributed by atoms with E-state index in [-0.39, 0.29) is 24.9 Å². The molecular weight excluding hydrogens is 779 g/mol. The monoisotopic (exact) mass is 882 g/mol. The van der Waals surface area contributed by atoms with Crippen molar-refractivity contribution in [3.8, 4) is 0 Å². The third-order valence-electron chi connectivity index (χ3n) is 12.2. The maximum atomic E-state index is 13.2. The van der Waals surface area contributed by atoms with Crippen LogP contribution in [0.4, 0.5) is 0 Å². The van der Waals surface area contributed by atoms with Crippen molar-refractivity contribution in [2.45, 2.75) is 283 Å². The zero-order valence-electron chi connectivity index (χ0n) is 41.7. The Balaban J connectivity index is 4.63. The first-order valence-corrected chi connectivity index (χ1v) is 27.1. The minimum atomic E-state index is -0.794. The molecule has 0 aromatic carbocycles. The summed E-state index contributed by atoms with van der Waals surface area (Å²) in [6.07, 6.45) is 62.8. The standard InChI is InChI=1S/C57H103NO5/c1-4-7-10-13-16-19-22-25-27-28-30-31-33-36-39-42-45-48-53(63-57(62)50-47-44-41-38-35-32-29-26-23-20-17-14-11-8-5-2)51-56(61)58-54(52-59)55(60)49-46-43-40-37-34-24-21-18-15-12-9-6-3/h8,11,14,17,20,23,25-27,29,53-55,59-60H,4-7,9-10,12-13,15-16,18-19,21-22,24,28,30-52H2,1-3H3,(H,58,61)/b11-8+,17-14+,23-20+,27-25+,29-26-. The van der Waals surface area contributed by atoms with Crippen molar-refractivity contribution < 1.29 is 24.5 Å². The van der Waals surface area contributed by atoms with Gasteiger partial charge < -0.3 is 20.3 Å². The molecule has 0 fully saturated rings. The van der Waals surface area contributed by atoms with E-state index in [1.54, 1.807) is 0 Å². The fourth-order valence-corrected chi connectivity index (χ4v) is 8.08. The van der Waals surface area contributed by atoms with Gasteiger partial charge in [0.15, 0.2) is 0 Å². The molecule has 0 radical (unpaired) electrons. The van der Waals surface area contributed by atoms with Gasteiger partial charge in [0.25, 0.3) is 0 Å². The van der Waals surface area contributed by atoms with Crippen LogP contribution < -0.4 is 5.32 Å². The van der Waals surface area contributed by atoms with Gasteiger partial charge in [-0.2, -0.15) is 0 Å². The molecule has 366 valence electrons. The van der Waals surface area contributed by atoms with E-state index in [1.165, 1.54) is 135 Å². The SMILES string of the molecule is CC/C=C/C=C/C=C/C=C\CCCCCCCC(=O)OC(CCCCCCCCC/C=C/CCCCCCCC)CC(=O)NC(CO)C(O)CCCCCCCCCCCCCC. The molecule has 0 rings (SSSR count). The molecule has 63 heavy (non-hydrogen) atoms. The van der Waals surface area contributed by atoms with E-state index in [0.29, 0.717) is 19.3 Å². The molecular formula is C57H103NO5. The third-order valence-corrected chi connectivity index (χ3v) is 12.2. The minimum Gasteiger partial charge on any atom is -0.462 e. The van der Waals surface area contributed by atoms with Gasteiger partial charge in [-0.15, -0.1) is 0 Å². The molecule has 1 amide bonds. The number of esters is 1. The fourth-order valence-electron chi connectivity index (χ4n) is 8.08. The van der Waals surface area contributed by atoms with Crippen LogP contribution in [0, 0.1) is 0 Å². The Kier molecular flexibility index (Phi) is 48.6.